The van der Waals surface area contributed by atoms with Gasteiger partial charge in [0.25, 0.3) is 0 Å². The normalized spacial score (nSPS) is 12.1. The molecule has 1 N–H and O–H groups in total. The maximum atomic E-state index is 12.5. The number of aromatic nitrogens is 2. The molecule has 0 unspecified atom stereocenters. The van der Waals surface area contributed by atoms with Gasteiger partial charge in [-0.05, 0) is 12.0 Å². The van der Waals surface area contributed by atoms with Crippen LogP contribution < -0.4 is 0 Å². The van der Waals surface area contributed by atoms with Gasteiger partial charge in [0.15, 0.2) is 0 Å². The number of alkyl halides is 3. The monoisotopic (exact) mass is 236 g/mol. The van der Waals surface area contributed by atoms with E-state index >= 15 is 0 Å². The van der Waals surface area contributed by atoms with Gasteiger partial charge >= 0.3 is 12.1 Å². The van der Waals surface area contributed by atoms with Crippen LogP contribution in [0.1, 0.15) is 31.2 Å². The molecule has 0 bridgehead atoms. The Morgan fingerprint density at radius 3 is 2.50 bits per heavy atom. The maximum Gasteiger partial charge on any atom is 0.433 e. The molecule has 90 valence electrons. The Bertz CT molecular complexity index is 396. The highest BCUT2D eigenvalue weighted by atomic mass is 19.4. The molecule has 0 amide bonds. The number of carboxylic acid groups (broad SMARTS) is 1. The summed E-state index contributed by atoms with van der Waals surface area (Å²) in [6.45, 7) is 2.59. The standard InChI is InChI=1S/C9H11F3N2O2/c1-5(2)6-3-7(9(10,11)12)14(13-6)4-8(15)16/h3,5H,4H2,1-2H3,(H,15,16). The van der Waals surface area contributed by atoms with Gasteiger partial charge in [-0.3, -0.25) is 4.79 Å². The second-order valence-electron chi connectivity index (χ2n) is 3.66. The number of rotatable bonds is 3. The summed E-state index contributed by atoms with van der Waals surface area (Å²) in [5.41, 5.74) is -0.799. The van der Waals surface area contributed by atoms with Crippen LogP contribution in [0.15, 0.2) is 6.07 Å². The lowest BCUT2D eigenvalue weighted by Crippen LogP contribution is -2.18. The van der Waals surface area contributed by atoms with Gasteiger partial charge in [-0.2, -0.15) is 18.3 Å². The molecule has 0 saturated carbocycles. The third-order valence-electron chi connectivity index (χ3n) is 1.97. The fourth-order valence-electron chi connectivity index (χ4n) is 1.20. The predicted octanol–water partition coefficient (Wildman–Crippen LogP) is 2.11. The molecule has 1 heterocycles. The molecule has 0 atom stereocenters. The summed E-state index contributed by atoms with van der Waals surface area (Å²) >= 11 is 0. The van der Waals surface area contributed by atoms with Crippen LogP contribution in [0.5, 0.6) is 0 Å². The number of carbonyl (C=O) groups is 1. The van der Waals surface area contributed by atoms with Crippen LogP contribution in [-0.4, -0.2) is 20.9 Å². The van der Waals surface area contributed by atoms with Crippen molar-refractivity contribution in [3.8, 4) is 0 Å². The van der Waals surface area contributed by atoms with Crippen LogP contribution in [0.4, 0.5) is 13.2 Å². The highest BCUT2D eigenvalue weighted by molar-refractivity contribution is 5.66. The van der Waals surface area contributed by atoms with Crippen LogP contribution in [0, 0.1) is 0 Å². The van der Waals surface area contributed by atoms with Crippen LogP contribution in [0.2, 0.25) is 0 Å². The topological polar surface area (TPSA) is 55.1 Å². The SMILES string of the molecule is CC(C)c1cc(C(F)(F)F)n(CC(=O)O)n1. The maximum absolute atomic E-state index is 12.5. The zero-order valence-electron chi connectivity index (χ0n) is 8.75. The minimum Gasteiger partial charge on any atom is -0.480 e. The Kier molecular flexibility index (Phi) is 3.25. The van der Waals surface area contributed by atoms with E-state index in [9.17, 15) is 18.0 Å². The van der Waals surface area contributed by atoms with Crippen molar-refractivity contribution < 1.29 is 23.1 Å². The molecule has 4 nitrogen and oxygen atoms in total. The number of hydrogen-bond acceptors (Lipinski definition) is 2. The highest BCUT2D eigenvalue weighted by Gasteiger charge is 2.36. The Labute approximate surface area is 89.7 Å². The molecule has 0 saturated heterocycles. The fraction of sp³-hybridized carbons (Fsp3) is 0.556. The Hall–Kier alpha value is -1.53. The fourth-order valence-corrected chi connectivity index (χ4v) is 1.20. The first-order chi connectivity index (χ1) is 7.21. The number of carboxylic acids is 1. The van der Waals surface area contributed by atoms with Gasteiger partial charge in [-0.25, -0.2) is 4.68 Å². The van der Waals surface area contributed by atoms with Crippen LogP contribution in [0.25, 0.3) is 0 Å². The minimum atomic E-state index is -4.59. The lowest BCUT2D eigenvalue weighted by atomic mass is 10.1. The van der Waals surface area contributed by atoms with Gasteiger partial charge in [-0.15, -0.1) is 0 Å². The van der Waals surface area contributed by atoms with Gasteiger partial charge in [0, 0.05) is 0 Å². The molecule has 1 aromatic rings. The highest BCUT2D eigenvalue weighted by Crippen LogP contribution is 2.31. The van der Waals surface area contributed by atoms with Crippen molar-refractivity contribution in [3.63, 3.8) is 0 Å². The second-order valence-corrected chi connectivity index (χ2v) is 3.66. The van der Waals surface area contributed by atoms with E-state index in [1.165, 1.54) is 0 Å². The van der Waals surface area contributed by atoms with Crippen molar-refractivity contribution in [2.75, 3.05) is 0 Å². The molecule has 0 radical (unpaired) electrons. The van der Waals surface area contributed by atoms with E-state index in [4.69, 9.17) is 5.11 Å². The van der Waals surface area contributed by atoms with E-state index < -0.39 is 24.4 Å². The van der Waals surface area contributed by atoms with E-state index in [2.05, 4.69) is 5.10 Å². The number of hydrogen-bond donors (Lipinski definition) is 1. The van der Waals surface area contributed by atoms with Gasteiger partial charge in [0.1, 0.15) is 12.2 Å². The average molecular weight is 236 g/mol. The molecule has 0 aliphatic rings. The predicted molar refractivity (Wildman–Crippen MR) is 49.0 cm³/mol. The molecule has 7 heteroatoms. The van der Waals surface area contributed by atoms with Crippen LogP contribution >= 0.6 is 0 Å². The van der Waals surface area contributed by atoms with E-state index in [0.29, 0.717) is 4.68 Å². The summed E-state index contributed by atoms with van der Waals surface area (Å²) in [4.78, 5) is 10.4. The summed E-state index contributed by atoms with van der Waals surface area (Å²) in [5, 5.41) is 12.1. The Morgan fingerprint density at radius 1 is 1.56 bits per heavy atom. The molecule has 0 aliphatic carbocycles. The molecule has 0 spiro atoms. The number of halogens is 3. The minimum absolute atomic E-state index is 0.184. The number of aliphatic carboxylic acids is 1. The molecule has 0 aromatic carbocycles. The van der Waals surface area contributed by atoms with Crippen LogP contribution in [-0.2, 0) is 17.5 Å². The van der Waals surface area contributed by atoms with Crippen molar-refractivity contribution in [1.29, 1.82) is 0 Å². The van der Waals surface area contributed by atoms with Crippen molar-refractivity contribution in [1.82, 2.24) is 9.78 Å². The van der Waals surface area contributed by atoms with E-state index in [1.807, 2.05) is 0 Å². The van der Waals surface area contributed by atoms with Crippen molar-refractivity contribution >= 4 is 5.97 Å². The summed E-state index contributed by atoms with van der Waals surface area (Å²) in [7, 11) is 0. The van der Waals surface area contributed by atoms with E-state index in [0.717, 1.165) is 6.07 Å². The van der Waals surface area contributed by atoms with Crippen molar-refractivity contribution in [3.05, 3.63) is 17.5 Å². The second kappa shape index (κ2) is 4.15. The molecular formula is C9H11F3N2O2. The average Bonchev–Trinajstić information content (AvgIpc) is 2.45. The van der Waals surface area contributed by atoms with E-state index in [1.54, 1.807) is 13.8 Å². The molecule has 1 aromatic heterocycles. The molecular weight excluding hydrogens is 225 g/mol. The van der Waals surface area contributed by atoms with Crippen LogP contribution in [0.3, 0.4) is 0 Å². The number of nitrogens with zero attached hydrogens (tertiary/aromatic N) is 2. The van der Waals surface area contributed by atoms with Gasteiger partial charge in [-0.1, -0.05) is 13.8 Å². The molecule has 0 fully saturated rings. The largest absolute Gasteiger partial charge is 0.480 e. The summed E-state index contributed by atoms with van der Waals surface area (Å²) in [6.07, 6.45) is -4.59. The van der Waals surface area contributed by atoms with E-state index in [-0.39, 0.29) is 11.6 Å². The quantitative estimate of drug-likeness (QED) is 0.874. The van der Waals surface area contributed by atoms with Gasteiger partial charge in [0.2, 0.25) is 0 Å². The summed E-state index contributed by atoms with van der Waals surface area (Å²) < 4.78 is 38.0. The van der Waals surface area contributed by atoms with Gasteiger partial charge in [0.05, 0.1) is 5.69 Å². The van der Waals surface area contributed by atoms with Crippen molar-refractivity contribution in [2.24, 2.45) is 0 Å². The van der Waals surface area contributed by atoms with Gasteiger partial charge < -0.3 is 5.11 Å². The lowest BCUT2D eigenvalue weighted by molar-refractivity contribution is -0.147. The molecule has 16 heavy (non-hydrogen) atoms. The first kappa shape index (κ1) is 12.5. The zero-order valence-corrected chi connectivity index (χ0v) is 8.75. The molecule has 1 rings (SSSR count). The first-order valence-electron chi connectivity index (χ1n) is 4.58. The third-order valence-corrected chi connectivity index (χ3v) is 1.97. The summed E-state index contributed by atoms with van der Waals surface area (Å²) in [5.74, 6) is -1.54. The third kappa shape index (κ3) is 2.74. The Balaban J connectivity index is 3.18. The Morgan fingerprint density at radius 2 is 2.12 bits per heavy atom. The summed E-state index contributed by atoms with van der Waals surface area (Å²) in [6, 6.07) is 0.883. The first-order valence-corrected chi connectivity index (χ1v) is 4.58. The lowest BCUT2D eigenvalue weighted by Gasteiger charge is -2.07. The van der Waals surface area contributed by atoms with Crippen molar-refractivity contribution in [2.45, 2.75) is 32.5 Å². The molecule has 0 aliphatic heterocycles. The zero-order chi connectivity index (χ0) is 12.5. The smallest absolute Gasteiger partial charge is 0.433 e.